The topological polar surface area (TPSA) is 66.6 Å². The van der Waals surface area contributed by atoms with Crippen molar-refractivity contribution >= 4 is 11.6 Å². The minimum Gasteiger partial charge on any atom is -0.356 e. The van der Waals surface area contributed by atoms with E-state index in [1.807, 2.05) is 28.8 Å². The lowest BCUT2D eigenvalue weighted by Crippen LogP contribution is -2.40. The monoisotopic (exact) mass is 412 g/mol. The number of pyridine rings is 1. The Morgan fingerprint density at radius 1 is 0.871 bits per heavy atom. The molecule has 4 aromatic rings. The molecule has 0 saturated heterocycles. The molecule has 6 heteroatoms. The van der Waals surface area contributed by atoms with Crippen molar-refractivity contribution < 1.29 is 0 Å². The number of nitrogens with zero attached hydrogens (tertiary/aromatic N) is 4. The molecule has 6 nitrogen and oxygen atoms in total. The van der Waals surface area contributed by atoms with Crippen LogP contribution in [0.15, 0.2) is 90.1 Å². The van der Waals surface area contributed by atoms with E-state index in [0.29, 0.717) is 0 Å². The van der Waals surface area contributed by atoms with Crippen molar-refractivity contribution in [2.45, 2.75) is 18.8 Å². The average molecular weight is 413 g/mol. The van der Waals surface area contributed by atoms with Crippen LogP contribution < -0.4 is 10.6 Å². The molecule has 2 aromatic heterocycles. The molecule has 158 valence electrons. The Labute approximate surface area is 183 Å². The quantitative estimate of drug-likeness (QED) is 0.263. The highest BCUT2D eigenvalue weighted by Crippen LogP contribution is 2.23. The molecular weight excluding hydrogens is 384 g/mol. The van der Waals surface area contributed by atoms with Crippen LogP contribution in [0.2, 0.25) is 0 Å². The van der Waals surface area contributed by atoms with Crippen molar-refractivity contribution in [2.24, 2.45) is 4.99 Å². The molecule has 0 radical (unpaired) electrons. The zero-order valence-corrected chi connectivity index (χ0v) is 17.8. The summed E-state index contributed by atoms with van der Waals surface area (Å²) in [6.45, 7) is 1.57. The molecule has 2 N–H and O–H groups in total. The Bertz CT molecular complexity index is 1070. The summed E-state index contributed by atoms with van der Waals surface area (Å²) in [5.41, 5.74) is 3.46. The lowest BCUT2D eigenvalue weighted by atomic mass is 9.91. The van der Waals surface area contributed by atoms with E-state index in [-0.39, 0.29) is 5.92 Å². The number of aliphatic imine (C=N–C) groups is 1. The first-order valence-electron chi connectivity index (χ1n) is 10.7. The average Bonchev–Trinajstić information content (AvgIpc) is 3.25. The number of hydrogen-bond acceptors (Lipinski definition) is 3. The van der Waals surface area contributed by atoms with Gasteiger partial charge in [0.15, 0.2) is 11.6 Å². The largest absolute Gasteiger partial charge is 0.356 e. The van der Waals surface area contributed by atoms with Gasteiger partial charge in [-0.3, -0.25) is 9.39 Å². The van der Waals surface area contributed by atoms with Gasteiger partial charge in [0.1, 0.15) is 5.82 Å². The highest BCUT2D eigenvalue weighted by Gasteiger charge is 2.14. The zero-order chi connectivity index (χ0) is 21.3. The second-order valence-electron chi connectivity index (χ2n) is 7.40. The fourth-order valence-corrected chi connectivity index (χ4v) is 3.73. The molecule has 0 aliphatic carbocycles. The highest BCUT2D eigenvalue weighted by molar-refractivity contribution is 5.79. The van der Waals surface area contributed by atoms with Crippen LogP contribution in [0.5, 0.6) is 0 Å². The Balaban J connectivity index is 1.32. The van der Waals surface area contributed by atoms with E-state index >= 15 is 0 Å². The molecule has 31 heavy (non-hydrogen) atoms. The maximum absolute atomic E-state index is 4.39. The number of aryl methyl sites for hydroxylation is 1. The second kappa shape index (κ2) is 10.4. The van der Waals surface area contributed by atoms with Crippen molar-refractivity contribution in [1.29, 1.82) is 0 Å². The van der Waals surface area contributed by atoms with Gasteiger partial charge in [-0.05, 0) is 29.7 Å². The normalized spacial score (nSPS) is 11.7. The molecule has 0 aliphatic rings. The first-order chi connectivity index (χ1) is 15.3. The summed E-state index contributed by atoms with van der Waals surface area (Å²) in [5.74, 6) is 2.04. The molecule has 2 heterocycles. The molecule has 0 spiro atoms. The summed E-state index contributed by atoms with van der Waals surface area (Å²) in [6, 6.07) is 27.1. The van der Waals surface area contributed by atoms with Crippen LogP contribution in [0.25, 0.3) is 5.65 Å². The molecular formula is C25H28N6. The van der Waals surface area contributed by atoms with Gasteiger partial charge in [-0.1, -0.05) is 66.7 Å². The van der Waals surface area contributed by atoms with E-state index < -0.39 is 0 Å². The summed E-state index contributed by atoms with van der Waals surface area (Å²) in [7, 11) is 1.81. The van der Waals surface area contributed by atoms with Crippen molar-refractivity contribution in [2.75, 3.05) is 20.1 Å². The van der Waals surface area contributed by atoms with Gasteiger partial charge in [-0.25, -0.2) is 0 Å². The van der Waals surface area contributed by atoms with Crippen LogP contribution in [0, 0.1) is 0 Å². The van der Waals surface area contributed by atoms with Gasteiger partial charge in [0, 0.05) is 38.7 Å². The Kier molecular flexibility index (Phi) is 6.90. The van der Waals surface area contributed by atoms with E-state index in [1.165, 1.54) is 11.1 Å². The first-order valence-corrected chi connectivity index (χ1v) is 10.7. The lowest BCUT2D eigenvalue weighted by Gasteiger charge is -2.20. The van der Waals surface area contributed by atoms with E-state index in [1.54, 1.807) is 7.05 Å². The van der Waals surface area contributed by atoms with Gasteiger partial charge < -0.3 is 10.6 Å². The van der Waals surface area contributed by atoms with Gasteiger partial charge in [0.05, 0.1) is 0 Å². The SMILES string of the molecule is CN=C(NCCCc1nnc2ccccn12)NCC(c1ccccc1)c1ccccc1. The van der Waals surface area contributed by atoms with E-state index in [0.717, 1.165) is 43.4 Å². The van der Waals surface area contributed by atoms with E-state index in [4.69, 9.17) is 0 Å². The molecule has 4 rings (SSSR count). The van der Waals surface area contributed by atoms with Crippen molar-refractivity contribution in [1.82, 2.24) is 25.2 Å². The molecule has 0 saturated carbocycles. The van der Waals surface area contributed by atoms with Crippen molar-refractivity contribution in [3.8, 4) is 0 Å². The summed E-state index contributed by atoms with van der Waals surface area (Å²) in [4.78, 5) is 4.39. The summed E-state index contributed by atoms with van der Waals surface area (Å²) in [5, 5.41) is 15.4. The maximum atomic E-state index is 4.39. The number of guanidine groups is 1. The Morgan fingerprint density at radius 3 is 2.23 bits per heavy atom. The standard InChI is InChI=1S/C25H28N6/c1-26-25(27-17-10-16-24-30-29-23-15-8-9-18-31(23)24)28-19-22(20-11-4-2-5-12-20)21-13-6-3-7-14-21/h2-9,11-15,18,22H,10,16-17,19H2,1H3,(H2,26,27,28). The van der Waals surface area contributed by atoms with Crippen molar-refractivity contribution in [3.63, 3.8) is 0 Å². The number of aromatic nitrogens is 3. The van der Waals surface area contributed by atoms with E-state index in [2.05, 4.69) is 86.5 Å². The Morgan fingerprint density at radius 2 is 1.55 bits per heavy atom. The van der Waals surface area contributed by atoms with Gasteiger partial charge in [-0.15, -0.1) is 10.2 Å². The van der Waals surface area contributed by atoms with Crippen LogP contribution in [0.4, 0.5) is 0 Å². The number of fused-ring (bicyclic) bond motifs is 1. The predicted octanol–water partition coefficient (Wildman–Crippen LogP) is 3.66. The van der Waals surface area contributed by atoms with Crippen molar-refractivity contribution in [3.05, 3.63) is 102 Å². The second-order valence-corrected chi connectivity index (χ2v) is 7.40. The minimum absolute atomic E-state index is 0.253. The van der Waals surface area contributed by atoms with Gasteiger partial charge in [0.25, 0.3) is 0 Å². The van der Waals surface area contributed by atoms with Crippen LogP contribution in [-0.2, 0) is 6.42 Å². The minimum atomic E-state index is 0.253. The fourth-order valence-electron chi connectivity index (χ4n) is 3.73. The third kappa shape index (κ3) is 5.28. The maximum Gasteiger partial charge on any atom is 0.191 e. The van der Waals surface area contributed by atoms with Crippen LogP contribution >= 0.6 is 0 Å². The number of rotatable bonds is 8. The molecule has 0 aliphatic heterocycles. The zero-order valence-electron chi connectivity index (χ0n) is 17.8. The Hall–Kier alpha value is -3.67. The molecule has 0 unspecified atom stereocenters. The summed E-state index contributed by atoms with van der Waals surface area (Å²) >= 11 is 0. The lowest BCUT2D eigenvalue weighted by molar-refractivity contribution is 0.696. The summed E-state index contributed by atoms with van der Waals surface area (Å²) < 4.78 is 2.04. The smallest absolute Gasteiger partial charge is 0.191 e. The predicted molar refractivity (Wildman–Crippen MR) is 125 cm³/mol. The number of hydrogen-bond donors (Lipinski definition) is 2. The molecule has 0 bridgehead atoms. The molecule has 2 aromatic carbocycles. The first kappa shape index (κ1) is 20.6. The van der Waals surface area contributed by atoms with Gasteiger partial charge >= 0.3 is 0 Å². The number of nitrogens with one attached hydrogen (secondary N) is 2. The third-order valence-corrected chi connectivity index (χ3v) is 5.36. The molecule has 0 amide bonds. The van der Waals surface area contributed by atoms with Crippen LogP contribution in [0.1, 0.15) is 29.3 Å². The van der Waals surface area contributed by atoms with Gasteiger partial charge in [0.2, 0.25) is 0 Å². The highest BCUT2D eigenvalue weighted by atomic mass is 15.2. The summed E-state index contributed by atoms with van der Waals surface area (Å²) in [6.07, 6.45) is 3.80. The third-order valence-electron chi connectivity index (χ3n) is 5.36. The number of benzene rings is 2. The molecule has 0 fully saturated rings. The van der Waals surface area contributed by atoms with Crippen LogP contribution in [-0.4, -0.2) is 40.7 Å². The van der Waals surface area contributed by atoms with E-state index in [9.17, 15) is 0 Å². The van der Waals surface area contributed by atoms with Crippen LogP contribution in [0.3, 0.4) is 0 Å². The fraction of sp³-hybridized carbons (Fsp3) is 0.240. The molecule has 0 atom stereocenters. The van der Waals surface area contributed by atoms with Gasteiger partial charge in [-0.2, -0.15) is 0 Å².